The first kappa shape index (κ1) is 18.7. The highest BCUT2D eigenvalue weighted by Gasteiger charge is 2.69. The van der Waals surface area contributed by atoms with E-state index in [0.29, 0.717) is 22.4 Å². The number of nitrogens with two attached hydrogens (primary N) is 1. The monoisotopic (exact) mass is 408 g/mol. The van der Waals surface area contributed by atoms with Crippen molar-refractivity contribution in [3.8, 4) is 11.3 Å². The highest BCUT2D eigenvalue weighted by molar-refractivity contribution is 5.68. The third-order valence-electron chi connectivity index (χ3n) is 6.42. The number of rotatable bonds is 3. The number of fused-ring (bicyclic) bond motifs is 1. The molecule has 154 valence electrons. The summed E-state index contributed by atoms with van der Waals surface area (Å²) in [4.78, 5) is 10.3. The molecule has 1 aromatic heterocycles. The number of hydrogen-bond acceptors (Lipinski definition) is 5. The summed E-state index contributed by atoms with van der Waals surface area (Å²) in [7, 11) is 0. The van der Waals surface area contributed by atoms with Crippen LogP contribution in [-0.2, 0) is 17.9 Å². The molecule has 29 heavy (non-hydrogen) atoms. The molecular formula is C20H20F4N4O. The normalized spacial score (nSPS) is 31.3. The summed E-state index contributed by atoms with van der Waals surface area (Å²) < 4.78 is 56.0. The molecule has 3 atom stereocenters. The first-order chi connectivity index (χ1) is 13.5. The molecule has 9 heteroatoms. The number of halogens is 4. The van der Waals surface area contributed by atoms with E-state index >= 15 is 0 Å². The fourth-order valence-electron chi connectivity index (χ4n) is 4.18. The third-order valence-corrected chi connectivity index (χ3v) is 6.42. The summed E-state index contributed by atoms with van der Waals surface area (Å²) in [5.74, 6) is -5.84. The number of nitrogens with zero attached hydrogens (tertiary/aromatic N) is 3. The molecule has 3 N–H and O–H groups in total. The average Bonchev–Trinajstić information content (AvgIpc) is 3.06. The maximum absolute atomic E-state index is 14.4. The quantitative estimate of drug-likeness (QED) is 0.764. The van der Waals surface area contributed by atoms with Crippen LogP contribution in [0.1, 0.15) is 36.6 Å². The van der Waals surface area contributed by atoms with Crippen LogP contribution < -0.4 is 10.6 Å². The van der Waals surface area contributed by atoms with Gasteiger partial charge in [-0.3, -0.25) is 0 Å². The smallest absolute Gasteiger partial charge is 0.290 e. The molecule has 1 unspecified atom stereocenters. The first-order valence-electron chi connectivity index (χ1n) is 9.55. The van der Waals surface area contributed by atoms with Crippen LogP contribution in [0.2, 0.25) is 0 Å². The molecule has 0 bridgehead atoms. The van der Waals surface area contributed by atoms with E-state index in [-0.39, 0.29) is 37.1 Å². The molecule has 1 saturated carbocycles. The Morgan fingerprint density at radius 3 is 2.34 bits per heavy atom. The number of anilines is 1. The van der Waals surface area contributed by atoms with E-state index in [1.165, 1.54) is 12.1 Å². The second-order valence-electron chi connectivity index (χ2n) is 8.29. The van der Waals surface area contributed by atoms with Crippen molar-refractivity contribution in [2.45, 2.75) is 55.7 Å². The van der Waals surface area contributed by atoms with E-state index in [4.69, 9.17) is 5.73 Å². The third kappa shape index (κ3) is 2.60. The lowest BCUT2D eigenvalue weighted by Gasteiger charge is -2.43. The van der Waals surface area contributed by atoms with Gasteiger partial charge in [-0.25, -0.2) is 18.7 Å². The first-order valence-corrected chi connectivity index (χ1v) is 9.55. The average molecular weight is 408 g/mol. The van der Waals surface area contributed by atoms with Crippen molar-refractivity contribution in [2.75, 3.05) is 11.4 Å². The molecule has 1 aromatic carbocycles. The van der Waals surface area contributed by atoms with E-state index in [0.717, 1.165) is 0 Å². The minimum absolute atomic E-state index is 0.136. The molecule has 3 aliphatic rings. The van der Waals surface area contributed by atoms with Gasteiger partial charge in [-0.1, -0.05) is 24.3 Å². The Morgan fingerprint density at radius 1 is 1.14 bits per heavy atom. The predicted molar refractivity (Wildman–Crippen MR) is 97.9 cm³/mol. The highest BCUT2D eigenvalue weighted by atomic mass is 19.3. The zero-order valence-corrected chi connectivity index (χ0v) is 15.7. The Bertz CT molecular complexity index is 997. The molecule has 2 heterocycles. The summed E-state index contributed by atoms with van der Waals surface area (Å²) >= 11 is 0. The van der Waals surface area contributed by atoms with Crippen LogP contribution in [0.25, 0.3) is 11.3 Å². The fourth-order valence-corrected chi connectivity index (χ4v) is 4.18. The lowest BCUT2D eigenvalue weighted by molar-refractivity contribution is -0.00603. The van der Waals surface area contributed by atoms with Crippen LogP contribution in [0, 0.1) is 0 Å². The van der Waals surface area contributed by atoms with Crippen LogP contribution >= 0.6 is 0 Å². The molecule has 2 aromatic rings. The number of alkyl halides is 4. The van der Waals surface area contributed by atoms with Gasteiger partial charge in [0.2, 0.25) is 5.95 Å². The van der Waals surface area contributed by atoms with Crippen LogP contribution in [0.4, 0.5) is 23.5 Å². The van der Waals surface area contributed by atoms with Crippen molar-refractivity contribution < 1.29 is 22.7 Å². The number of aliphatic hydroxyl groups is 1. The molecule has 5 nitrogen and oxygen atoms in total. The zero-order chi connectivity index (χ0) is 20.8. The summed E-state index contributed by atoms with van der Waals surface area (Å²) in [6.45, 7) is 2.04. The minimum Gasteiger partial charge on any atom is -0.389 e. The van der Waals surface area contributed by atoms with Gasteiger partial charge in [0, 0.05) is 30.5 Å². The lowest BCUT2D eigenvalue weighted by atomic mass is 9.99. The Labute approximate surface area is 164 Å². The molecular weight excluding hydrogens is 388 g/mol. The van der Waals surface area contributed by atoms with Gasteiger partial charge in [0.25, 0.3) is 11.8 Å². The Morgan fingerprint density at radius 2 is 1.79 bits per heavy atom. The van der Waals surface area contributed by atoms with Gasteiger partial charge >= 0.3 is 0 Å². The van der Waals surface area contributed by atoms with Crippen molar-refractivity contribution in [3.05, 3.63) is 41.1 Å². The van der Waals surface area contributed by atoms with Gasteiger partial charge in [0.05, 0.1) is 17.8 Å². The van der Waals surface area contributed by atoms with Crippen molar-refractivity contribution in [3.63, 3.8) is 0 Å². The molecule has 2 aliphatic carbocycles. The number of β-amino-alcohol motifs (C(OH)–C–C–N with tert-alkyl or cyclic N) is 1. The maximum atomic E-state index is 14.4. The largest absolute Gasteiger partial charge is 0.389 e. The van der Waals surface area contributed by atoms with Gasteiger partial charge in [-0.2, -0.15) is 8.78 Å². The van der Waals surface area contributed by atoms with Crippen molar-refractivity contribution in [1.29, 1.82) is 0 Å². The zero-order valence-electron chi connectivity index (χ0n) is 15.7. The molecule has 1 aliphatic heterocycles. The minimum atomic E-state index is -3.05. The number of aliphatic hydroxyl groups excluding tert-OH is 1. The summed E-state index contributed by atoms with van der Waals surface area (Å²) in [5, 5.41) is 9.77. The topological polar surface area (TPSA) is 75.3 Å². The predicted octanol–water partition coefficient (Wildman–Crippen LogP) is 2.94. The fraction of sp³-hybridized carbons (Fsp3) is 0.500. The van der Waals surface area contributed by atoms with E-state index < -0.39 is 29.9 Å². The van der Waals surface area contributed by atoms with Crippen LogP contribution in [0.15, 0.2) is 24.3 Å². The summed E-state index contributed by atoms with van der Waals surface area (Å²) in [5.41, 5.74) is 5.42. The van der Waals surface area contributed by atoms with Crippen molar-refractivity contribution >= 4 is 5.95 Å². The van der Waals surface area contributed by atoms with Crippen LogP contribution in [-0.4, -0.2) is 39.7 Å². The van der Waals surface area contributed by atoms with Gasteiger partial charge in [0.15, 0.2) is 0 Å². The van der Waals surface area contributed by atoms with E-state index in [1.807, 2.05) is 0 Å². The maximum Gasteiger partial charge on any atom is 0.290 e. The second kappa shape index (κ2) is 5.66. The van der Waals surface area contributed by atoms with Crippen LogP contribution in [0.3, 0.4) is 0 Å². The standard InChI is InChI=1S/C20H20F4N4O/c1-10-14(29)8-28(10)17-26-15(13-6-7-19(21,22)16(13)27-17)11-2-4-12(5-3-11)18(25)9-20(18,23)24/h2-5,10,14,29H,6-9,25H2,1H3/t10-,14+,18?/m0/s1. The van der Waals surface area contributed by atoms with Crippen LogP contribution in [0.5, 0.6) is 0 Å². The summed E-state index contributed by atoms with van der Waals surface area (Å²) in [6, 6.07) is 5.93. The lowest BCUT2D eigenvalue weighted by Crippen LogP contribution is -2.59. The van der Waals surface area contributed by atoms with Crippen molar-refractivity contribution in [2.24, 2.45) is 5.73 Å². The molecule has 5 rings (SSSR count). The molecule has 0 spiro atoms. The van der Waals surface area contributed by atoms with E-state index in [1.54, 1.807) is 24.0 Å². The van der Waals surface area contributed by atoms with Gasteiger partial charge in [-0.15, -0.1) is 0 Å². The number of benzene rings is 1. The number of aromatic nitrogens is 2. The molecule has 2 fully saturated rings. The van der Waals surface area contributed by atoms with Gasteiger partial charge < -0.3 is 15.7 Å². The highest BCUT2D eigenvalue weighted by Crippen LogP contribution is 2.57. The summed E-state index contributed by atoms with van der Waals surface area (Å²) in [6.07, 6.45) is -1.18. The Hall–Kier alpha value is -2.26. The second-order valence-corrected chi connectivity index (χ2v) is 8.29. The SMILES string of the molecule is C[C@H]1[C@H](O)CN1c1nc(-c2ccc(C3(N)CC3(F)F)cc2)c2c(n1)C(F)(F)CC2. The van der Waals surface area contributed by atoms with Gasteiger partial charge in [-0.05, 0) is 18.9 Å². The van der Waals surface area contributed by atoms with Gasteiger partial charge in [0.1, 0.15) is 11.2 Å². The van der Waals surface area contributed by atoms with E-state index in [2.05, 4.69) is 9.97 Å². The molecule has 0 radical (unpaired) electrons. The number of hydrogen-bond donors (Lipinski definition) is 2. The van der Waals surface area contributed by atoms with E-state index in [9.17, 15) is 22.7 Å². The molecule has 0 amide bonds. The Kier molecular flexibility index (Phi) is 3.66. The molecule has 1 saturated heterocycles. The van der Waals surface area contributed by atoms with Crippen molar-refractivity contribution in [1.82, 2.24) is 9.97 Å². The Balaban J connectivity index is 1.57.